The van der Waals surface area contributed by atoms with E-state index in [9.17, 15) is 9.90 Å². The van der Waals surface area contributed by atoms with Gasteiger partial charge in [0.2, 0.25) is 0 Å². The van der Waals surface area contributed by atoms with Crippen molar-refractivity contribution >= 4 is 5.91 Å². The van der Waals surface area contributed by atoms with Crippen LogP contribution in [0.15, 0.2) is 18.2 Å². The van der Waals surface area contributed by atoms with Gasteiger partial charge in [0.05, 0.1) is 20.3 Å². The zero-order valence-corrected chi connectivity index (χ0v) is 12.2. The van der Waals surface area contributed by atoms with Gasteiger partial charge in [-0.15, -0.1) is 0 Å². The Morgan fingerprint density at radius 3 is 2.57 bits per heavy atom. The fraction of sp³-hybridized carbons (Fsp3) is 0.533. The molecule has 21 heavy (non-hydrogen) atoms. The maximum atomic E-state index is 12.2. The van der Waals surface area contributed by atoms with Gasteiger partial charge in [-0.2, -0.15) is 0 Å². The van der Waals surface area contributed by atoms with Gasteiger partial charge in [0.15, 0.2) is 11.5 Å². The van der Waals surface area contributed by atoms with Gasteiger partial charge in [0.1, 0.15) is 0 Å². The molecule has 0 aromatic heterocycles. The van der Waals surface area contributed by atoms with Gasteiger partial charge in [-0.1, -0.05) is 0 Å². The molecule has 0 radical (unpaired) electrons. The molecule has 1 aliphatic rings. The van der Waals surface area contributed by atoms with Crippen molar-refractivity contribution in [3.63, 3.8) is 0 Å². The number of hydrogen-bond donors (Lipinski definition) is 3. The smallest absolute Gasteiger partial charge is 0.251 e. The molecule has 1 aromatic rings. The molecule has 1 saturated carbocycles. The topological polar surface area (TPSA) is 88.0 Å². The van der Waals surface area contributed by atoms with Gasteiger partial charge < -0.3 is 25.0 Å². The Labute approximate surface area is 123 Å². The number of nitrogens with one attached hydrogen (secondary N) is 1. The predicted molar refractivity (Wildman–Crippen MR) is 76.6 cm³/mol. The summed E-state index contributed by atoms with van der Waals surface area (Å²) in [4.78, 5) is 12.2. The monoisotopic (exact) mass is 295 g/mol. The van der Waals surface area contributed by atoms with Crippen LogP contribution in [0.1, 0.15) is 23.2 Å². The molecule has 1 amide bonds. The molecule has 3 atom stereocenters. The summed E-state index contributed by atoms with van der Waals surface area (Å²) in [6, 6.07) is 4.82. The Bertz CT molecular complexity index is 505. The van der Waals surface area contributed by atoms with E-state index < -0.39 is 6.10 Å². The molecule has 2 rings (SSSR count). The minimum absolute atomic E-state index is 0.0656. The number of carbonyl (C=O) groups is 1. The van der Waals surface area contributed by atoms with Crippen LogP contribution in [0.25, 0.3) is 0 Å². The van der Waals surface area contributed by atoms with Crippen LogP contribution in [-0.4, -0.2) is 49.1 Å². The molecule has 6 nitrogen and oxygen atoms in total. The first-order valence-electron chi connectivity index (χ1n) is 6.90. The van der Waals surface area contributed by atoms with Crippen molar-refractivity contribution in [2.24, 2.45) is 5.92 Å². The van der Waals surface area contributed by atoms with Gasteiger partial charge in [0, 0.05) is 24.1 Å². The summed E-state index contributed by atoms with van der Waals surface area (Å²) in [7, 11) is 3.05. The molecule has 3 N–H and O–H groups in total. The molecule has 0 aliphatic heterocycles. The molecule has 0 bridgehead atoms. The van der Waals surface area contributed by atoms with E-state index in [1.54, 1.807) is 18.2 Å². The molecule has 3 unspecified atom stereocenters. The number of aliphatic hydroxyl groups excluding tert-OH is 2. The lowest BCUT2D eigenvalue weighted by molar-refractivity contribution is 0.0903. The van der Waals surface area contributed by atoms with Gasteiger partial charge in [-0.3, -0.25) is 4.79 Å². The first kappa shape index (κ1) is 15.6. The first-order chi connectivity index (χ1) is 10.1. The van der Waals surface area contributed by atoms with Gasteiger partial charge in [-0.25, -0.2) is 0 Å². The van der Waals surface area contributed by atoms with E-state index in [0.717, 1.165) is 0 Å². The second kappa shape index (κ2) is 6.78. The Hall–Kier alpha value is -1.79. The summed E-state index contributed by atoms with van der Waals surface area (Å²) in [5, 5.41) is 21.7. The van der Waals surface area contributed by atoms with Crippen molar-refractivity contribution in [2.45, 2.75) is 25.0 Å². The van der Waals surface area contributed by atoms with E-state index in [2.05, 4.69) is 5.32 Å². The average molecular weight is 295 g/mol. The molecular weight excluding hydrogens is 274 g/mol. The number of rotatable bonds is 5. The SMILES string of the molecule is COc1ccc(C(=O)NC2CC(O)C(CO)C2)cc1OC. The number of aliphatic hydroxyl groups is 2. The van der Waals surface area contributed by atoms with E-state index >= 15 is 0 Å². The minimum Gasteiger partial charge on any atom is -0.493 e. The highest BCUT2D eigenvalue weighted by atomic mass is 16.5. The van der Waals surface area contributed by atoms with Gasteiger partial charge in [0.25, 0.3) is 5.91 Å². The lowest BCUT2D eigenvalue weighted by Crippen LogP contribution is -2.33. The van der Waals surface area contributed by atoms with Crippen LogP contribution in [0, 0.1) is 5.92 Å². The van der Waals surface area contributed by atoms with Crippen molar-refractivity contribution < 1.29 is 24.5 Å². The summed E-state index contributed by atoms with van der Waals surface area (Å²) in [6.45, 7) is -0.0656. The number of amides is 1. The standard InChI is InChI=1S/C15H21NO5/c1-20-13-4-3-9(6-14(13)21-2)15(19)16-11-5-10(8-17)12(18)7-11/h3-4,6,10-12,17-18H,5,7-8H2,1-2H3,(H,16,19). The summed E-state index contributed by atoms with van der Waals surface area (Å²) in [5.41, 5.74) is 0.467. The summed E-state index contributed by atoms with van der Waals surface area (Å²) < 4.78 is 10.3. The van der Waals surface area contributed by atoms with Gasteiger partial charge in [-0.05, 0) is 31.0 Å². The third-order valence-corrected chi connectivity index (χ3v) is 3.87. The molecule has 0 saturated heterocycles. The molecule has 1 aromatic carbocycles. The van der Waals surface area contributed by atoms with E-state index in [1.165, 1.54) is 14.2 Å². The highest BCUT2D eigenvalue weighted by molar-refractivity contribution is 5.95. The molecule has 1 fully saturated rings. The fourth-order valence-corrected chi connectivity index (χ4v) is 2.66. The number of hydrogen-bond acceptors (Lipinski definition) is 5. The van der Waals surface area contributed by atoms with Crippen molar-refractivity contribution in [3.8, 4) is 11.5 Å². The molecule has 0 spiro atoms. The Kier molecular flexibility index (Phi) is 5.03. The van der Waals surface area contributed by atoms with Crippen LogP contribution in [0.5, 0.6) is 11.5 Å². The van der Waals surface area contributed by atoms with Crippen LogP contribution in [0.3, 0.4) is 0 Å². The zero-order valence-electron chi connectivity index (χ0n) is 12.2. The summed E-state index contributed by atoms with van der Waals surface area (Å²) >= 11 is 0. The van der Waals surface area contributed by atoms with Crippen molar-refractivity contribution in [1.82, 2.24) is 5.32 Å². The normalized spacial score (nSPS) is 24.7. The molecule has 116 valence electrons. The third-order valence-electron chi connectivity index (χ3n) is 3.87. The molecular formula is C15H21NO5. The lowest BCUT2D eigenvalue weighted by atomic mass is 10.1. The fourth-order valence-electron chi connectivity index (χ4n) is 2.66. The quantitative estimate of drug-likeness (QED) is 0.739. The predicted octanol–water partition coefficient (Wildman–Crippen LogP) is 0.565. The largest absolute Gasteiger partial charge is 0.493 e. The highest BCUT2D eigenvalue weighted by Gasteiger charge is 2.33. The molecule has 6 heteroatoms. The van der Waals surface area contributed by atoms with Gasteiger partial charge >= 0.3 is 0 Å². The number of carbonyl (C=O) groups excluding carboxylic acids is 1. The lowest BCUT2D eigenvalue weighted by Gasteiger charge is -2.14. The molecule has 0 heterocycles. The average Bonchev–Trinajstić information content (AvgIpc) is 2.86. The highest BCUT2D eigenvalue weighted by Crippen LogP contribution is 2.29. The Balaban J connectivity index is 2.04. The summed E-state index contributed by atoms with van der Waals surface area (Å²) in [5.74, 6) is 0.656. The van der Waals surface area contributed by atoms with E-state index in [0.29, 0.717) is 29.9 Å². The molecule has 1 aliphatic carbocycles. The van der Waals surface area contributed by atoms with Crippen molar-refractivity contribution in [2.75, 3.05) is 20.8 Å². The zero-order chi connectivity index (χ0) is 15.4. The number of benzene rings is 1. The minimum atomic E-state index is -0.564. The van der Waals surface area contributed by atoms with Crippen LogP contribution in [0.2, 0.25) is 0 Å². The van der Waals surface area contributed by atoms with E-state index in [4.69, 9.17) is 14.6 Å². The third kappa shape index (κ3) is 3.46. The first-order valence-corrected chi connectivity index (χ1v) is 6.90. The second-order valence-electron chi connectivity index (χ2n) is 5.22. The number of ether oxygens (including phenoxy) is 2. The van der Waals surface area contributed by atoms with Crippen LogP contribution >= 0.6 is 0 Å². The van der Waals surface area contributed by atoms with Crippen molar-refractivity contribution in [1.29, 1.82) is 0 Å². The Morgan fingerprint density at radius 2 is 2.00 bits per heavy atom. The van der Waals surface area contributed by atoms with E-state index in [1.807, 2.05) is 0 Å². The van der Waals surface area contributed by atoms with E-state index in [-0.39, 0.29) is 24.5 Å². The maximum absolute atomic E-state index is 12.2. The van der Waals surface area contributed by atoms with Crippen LogP contribution < -0.4 is 14.8 Å². The Morgan fingerprint density at radius 1 is 1.29 bits per heavy atom. The summed E-state index contributed by atoms with van der Waals surface area (Å²) in [6.07, 6.45) is 0.478. The maximum Gasteiger partial charge on any atom is 0.251 e. The second-order valence-corrected chi connectivity index (χ2v) is 5.22. The number of methoxy groups -OCH3 is 2. The van der Waals surface area contributed by atoms with Crippen LogP contribution in [0.4, 0.5) is 0 Å². The van der Waals surface area contributed by atoms with Crippen molar-refractivity contribution in [3.05, 3.63) is 23.8 Å². The van der Waals surface area contributed by atoms with Crippen LogP contribution in [-0.2, 0) is 0 Å².